The monoisotopic (exact) mass is 286 g/mol. The molecule has 19 heavy (non-hydrogen) atoms. The molecule has 1 aromatic rings. The molecule has 0 radical (unpaired) electrons. The summed E-state index contributed by atoms with van der Waals surface area (Å²) in [5.41, 5.74) is 0.996. The summed E-state index contributed by atoms with van der Waals surface area (Å²) < 4.78 is 10.6. The number of hydrogen-bond acceptors (Lipinski definition) is 4. The minimum absolute atomic E-state index is 0.0981. The first kappa shape index (κ1) is 15.6. The summed E-state index contributed by atoms with van der Waals surface area (Å²) in [6.45, 7) is 3.50. The molecule has 0 aliphatic heterocycles. The molecular formula is C13H19ClN2O3. The van der Waals surface area contributed by atoms with Crippen LogP contribution in [0.4, 0.5) is 0 Å². The SMILES string of the molecule is CCNCc1cc(Cl)c(OCC(=O)NC)c(OC)c1. The fourth-order valence-electron chi connectivity index (χ4n) is 1.49. The number of halogens is 1. The van der Waals surface area contributed by atoms with E-state index in [-0.39, 0.29) is 12.5 Å². The minimum Gasteiger partial charge on any atom is -0.493 e. The second kappa shape index (κ2) is 7.86. The van der Waals surface area contributed by atoms with Crippen LogP contribution in [0.1, 0.15) is 12.5 Å². The lowest BCUT2D eigenvalue weighted by molar-refractivity contribution is -0.122. The number of hydrogen-bond donors (Lipinski definition) is 2. The summed E-state index contributed by atoms with van der Waals surface area (Å²) in [4.78, 5) is 11.2. The van der Waals surface area contributed by atoms with Crippen LogP contribution in [-0.4, -0.2) is 33.2 Å². The van der Waals surface area contributed by atoms with Crippen LogP contribution >= 0.6 is 11.6 Å². The number of rotatable bonds is 7. The quantitative estimate of drug-likeness (QED) is 0.799. The van der Waals surface area contributed by atoms with Crippen molar-refractivity contribution in [3.8, 4) is 11.5 Å². The summed E-state index contributed by atoms with van der Waals surface area (Å²) >= 11 is 6.15. The lowest BCUT2D eigenvalue weighted by atomic mass is 10.2. The smallest absolute Gasteiger partial charge is 0.257 e. The molecule has 0 atom stereocenters. The first-order valence-corrected chi connectivity index (χ1v) is 6.40. The molecule has 0 aromatic heterocycles. The topological polar surface area (TPSA) is 59.6 Å². The number of likely N-dealkylation sites (N-methyl/N-ethyl adjacent to an activating group) is 1. The molecule has 0 saturated heterocycles. The van der Waals surface area contributed by atoms with Gasteiger partial charge in [-0.25, -0.2) is 0 Å². The van der Waals surface area contributed by atoms with Gasteiger partial charge in [0, 0.05) is 13.6 Å². The Morgan fingerprint density at radius 3 is 2.74 bits per heavy atom. The van der Waals surface area contributed by atoms with Gasteiger partial charge in [-0.05, 0) is 24.2 Å². The third-order valence-corrected chi connectivity index (χ3v) is 2.78. The predicted octanol–water partition coefficient (Wildman–Crippen LogP) is 1.58. The summed E-state index contributed by atoms with van der Waals surface area (Å²) in [5.74, 6) is 0.673. The first-order chi connectivity index (χ1) is 9.12. The van der Waals surface area contributed by atoms with E-state index in [9.17, 15) is 4.79 Å². The van der Waals surface area contributed by atoms with Crippen LogP contribution in [0.15, 0.2) is 12.1 Å². The average molecular weight is 287 g/mol. The van der Waals surface area contributed by atoms with E-state index in [1.165, 1.54) is 7.11 Å². The van der Waals surface area contributed by atoms with Crippen molar-refractivity contribution >= 4 is 17.5 Å². The Hall–Kier alpha value is -1.46. The van der Waals surface area contributed by atoms with Gasteiger partial charge in [-0.1, -0.05) is 18.5 Å². The highest BCUT2D eigenvalue weighted by molar-refractivity contribution is 6.32. The van der Waals surface area contributed by atoms with Crippen molar-refractivity contribution in [2.75, 3.05) is 27.3 Å². The Kier molecular flexibility index (Phi) is 6.45. The number of benzene rings is 1. The van der Waals surface area contributed by atoms with Crippen molar-refractivity contribution in [3.05, 3.63) is 22.7 Å². The third kappa shape index (κ3) is 4.61. The van der Waals surface area contributed by atoms with Crippen molar-refractivity contribution in [1.29, 1.82) is 0 Å². The summed E-state index contributed by atoms with van der Waals surface area (Å²) in [7, 11) is 3.08. The van der Waals surface area contributed by atoms with Crippen LogP contribution < -0.4 is 20.1 Å². The molecule has 0 saturated carbocycles. The van der Waals surface area contributed by atoms with Gasteiger partial charge in [-0.3, -0.25) is 4.79 Å². The molecule has 0 spiro atoms. The van der Waals surface area contributed by atoms with Gasteiger partial charge in [0.05, 0.1) is 12.1 Å². The second-order valence-corrected chi connectivity index (χ2v) is 4.26. The lowest BCUT2D eigenvalue weighted by Gasteiger charge is -2.14. The lowest BCUT2D eigenvalue weighted by Crippen LogP contribution is -2.25. The van der Waals surface area contributed by atoms with E-state index in [0.717, 1.165) is 12.1 Å². The summed E-state index contributed by atoms with van der Waals surface area (Å²) in [6.07, 6.45) is 0. The zero-order chi connectivity index (χ0) is 14.3. The van der Waals surface area contributed by atoms with E-state index in [2.05, 4.69) is 10.6 Å². The van der Waals surface area contributed by atoms with Crippen LogP contribution in [0.25, 0.3) is 0 Å². The van der Waals surface area contributed by atoms with E-state index < -0.39 is 0 Å². The normalized spacial score (nSPS) is 10.1. The Bertz CT molecular complexity index is 438. The Morgan fingerprint density at radius 1 is 1.42 bits per heavy atom. The molecule has 0 unspecified atom stereocenters. The van der Waals surface area contributed by atoms with Crippen molar-refractivity contribution in [1.82, 2.24) is 10.6 Å². The maximum Gasteiger partial charge on any atom is 0.257 e. The van der Waals surface area contributed by atoms with Gasteiger partial charge < -0.3 is 20.1 Å². The Labute approximate surface area is 118 Å². The van der Waals surface area contributed by atoms with E-state index in [0.29, 0.717) is 23.1 Å². The number of methoxy groups -OCH3 is 1. The molecule has 1 aromatic carbocycles. The molecule has 0 aliphatic carbocycles. The first-order valence-electron chi connectivity index (χ1n) is 6.02. The van der Waals surface area contributed by atoms with Crippen LogP contribution in [0, 0.1) is 0 Å². The van der Waals surface area contributed by atoms with E-state index in [4.69, 9.17) is 21.1 Å². The molecule has 0 bridgehead atoms. The molecule has 6 heteroatoms. The highest BCUT2D eigenvalue weighted by Gasteiger charge is 2.13. The third-order valence-electron chi connectivity index (χ3n) is 2.49. The molecule has 1 amide bonds. The molecular weight excluding hydrogens is 268 g/mol. The van der Waals surface area contributed by atoms with Crippen molar-refractivity contribution in [3.63, 3.8) is 0 Å². The second-order valence-electron chi connectivity index (χ2n) is 3.85. The number of amides is 1. The Balaban J connectivity index is 2.88. The molecule has 106 valence electrons. The van der Waals surface area contributed by atoms with Gasteiger partial charge in [0.1, 0.15) is 0 Å². The van der Waals surface area contributed by atoms with Gasteiger partial charge in [-0.2, -0.15) is 0 Å². The minimum atomic E-state index is -0.227. The van der Waals surface area contributed by atoms with Gasteiger partial charge in [-0.15, -0.1) is 0 Å². The molecule has 0 aliphatic rings. The number of carbonyl (C=O) groups excluding carboxylic acids is 1. The fraction of sp³-hybridized carbons (Fsp3) is 0.462. The van der Waals surface area contributed by atoms with Gasteiger partial charge in [0.15, 0.2) is 18.1 Å². The predicted molar refractivity (Wildman–Crippen MR) is 74.9 cm³/mol. The molecule has 0 heterocycles. The van der Waals surface area contributed by atoms with Gasteiger partial charge >= 0.3 is 0 Å². The highest BCUT2D eigenvalue weighted by atomic mass is 35.5. The van der Waals surface area contributed by atoms with E-state index >= 15 is 0 Å². The maximum atomic E-state index is 11.2. The fourth-order valence-corrected chi connectivity index (χ4v) is 1.78. The maximum absolute atomic E-state index is 11.2. The molecule has 1 rings (SSSR count). The van der Waals surface area contributed by atoms with Crippen molar-refractivity contribution < 1.29 is 14.3 Å². The summed E-state index contributed by atoms with van der Waals surface area (Å²) in [5, 5.41) is 6.10. The van der Waals surface area contributed by atoms with Gasteiger partial charge in [0.25, 0.3) is 5.91 Å². The number of carbonyl (C=O) groups is 1. The van der Waals surface area contributed by atoms with E-state index in [1.807, 2.05) is 13.0 Å². The van der Waals surface area contributed by atoms with Crippen LogP contribution in [-0.2, 0) is 11.3 Å². The van der Waals surface area contributed by atoms with Crippen LogP contribution in [0.3, 0.4) is 0 Å². The van der Waals surface area contributed by atoms with Crippen molar-refractivity contribution in [2.24, 2.45) is 0 Å². The molecule has 5 nitrogen and oxygen atoms in total. The average Bonchev–Trinajstić information content (AvgIpc) is 2.42. The standard InChI is InChI=1S/C13H19ClN2O3/c1-4-16-7-9-5-10(14)13(11(6-9)18-3)19-8-12(17)15-2/h5-6,16H,4,7-8H2,1-3H3,(H,15,17). The largest absolute Gasteiger partial charge is 0.493 e. The van der Waals surface area contributed by atoms with Crippen molar-refractivity contribution in [2.45, 2.75) is 13.5 Å². The summed E-state index contributed by atoms with van der Waals surface area (Å²) in [6, 6.07) is 3.64. The Morgan fingerprint density at radius 2 is 2.16 bits per heavy atom. The van der Waals surface area contributed by atoms with E-state index in [1.54, 1.807) is 13.1 Å². The highest BCUT2D eigenvalue weighted by Crippen LogP contribution is 2.36. The zero-order valence-electron chi connectivity index (χ0n) is 11.4. The van der Waals surface area contributed by atoms with Crippen LogP contribution in [0.5, 0.6) is 11.5 Å². The number of nitrogens with one attached hydrogen (secondary N) is 2. The molecule has 0 fully saturated rings. The number of ether oxygens (including phenoxy) is 2. The molecule has 2 N–H and O–H groups in total. The van der Waals surface area contributed by atoms with Crippen LogP contribution in [0.2, 0.25) is 5.02 Å². The zero-order valence-corrected chi connectivity index (χ0v) is 12.1. The van der Waals surface area contributed by atoms with Gasteiger partial charge in [0.2, 0.25) is 0 Å².